The van der Waals surface area contributed by atoms with E-state index in [-0.39, 0.29) is 11.0 Å². The van der Waals surface area contributed by atoms with Crippen molar-refractivity contribution in [2.75, 3.05) is 5.75 Å². The molecule has 108 valence electrons. The van der Waals surface area contributed by atoms with E-state index in [4.69, 9.17) is 0 Å². The van der Waals surface area contributed by atoms with E-state index in [0.29, 0.717) is 0 Å². The van der Waals surface area contributed by atoms with Crippen molar-refractivity contribution in [1.29, 1.82) is 0 Å². The van der Waals surface area contributed by atoms with Gasteiger partial charge in [-0.1, -0.05) is 77.5 Å². The first kappa shape index (κ1) is 18.0. The van der Waals surface area contributed by atoms with Gasteiger partial charge in [-0.05, 0) is 12.2 Å². The molecule has 2 nitrogen and oxygen atoms in total. The van der Waals surface area contributed by atoms with Gasteiger partial charge in [0.2, 0.25) is 0 Å². The maximum atomic E-state index is 11.6. The molecule has 0 spiro atoms. The first-order valence-electron chi connectivity index (χ1n) is 7.48. The molecule has 3 heteroatoms. The summed E-state index contributed by atoms with van der Waals surface area (Å²) in [5.41, 5.74) is 0. The Hall–Kier alpha value is -0.0200. The van der Waals surface area contributed by atoms with Crippen molar-refractivity contribution in [2.45, 2.75) is 78.2 Å². The number of aliphatic hydroxyl groups excluding tert-OH is 1. The van der Waals surface area contributed by atoms with Crippen LogP contribution in [-0.4, -0.2) is 22.1 Å². The minimum Gasteiger partial charge on any atom is -0.392 e. The van der Waals surface area contributed by atoms with E-state index in [1.165, 1.54) is 50.3 Å². The summed E-state index contributed by atoms with van der Waals surface area (Å²) in [5.74, 6) is 0.586. The lowest BCUT2D eigenvalue weighted by Gasteiger charge is -2.16. The SMILES string of the molecule is CCCCCCCCC[C@@H](O)[C@H](C)C(=O)SCC. The van der Waals surface area contributed by atoms with Gasteiger partial charge in [0.1, 0.15) is 0 Å². The quantitative estimate of drug-likeness (QED) is 0.567. The Labute approximate surface area is 117 Å². The highest BCUT2D eigenvalue weighted by Crippen LogP contribution is 2.19. The van der Waals surface area contributed by atoms with Gasteiger partial charge in [0.15, 0.2) is 5.12 Å². The number of thioether (sulfide) groups is 1. The van der Waals surface area contributed by atoms with Crippen LogP contribution in [0.15, 0.2) is 0 Å². The molecule has 0 saturated heterocycles. The highest BCUT2D eigenvalue weighted by atomic mass is 32.2. The average molecular weight is 274 g/mol. The Bertz CT molecular complexity index is 207. The molecule has 0 radical (unpaired) electrons. The highest BCUT2D eigenvalue weighted by Gasteiger charge is 2.21. The summed E-state index contributed by atoms with van der Waals surface area (Å²) in [5, 5.41) is 10.1. The van der Waals surface area contributed by atoms with Crippen LogP contribution < -0.4 is 0 Å². The molecule has 0 heterocycles. The van der Waals surface area contributed by atoms with E-state index in [9.17, 15) is 9.90 Å². The molecule has 0 aliphatic carbocycles. The molecule has 0 aromatic carbocycles. The lowest BCUT2D eigenvalue weighted by Crippen LogP contribution is -2.23. The van der Waals surface area contributed by atoms with Crippen LogP contribution in [0.1, 0.15) is 72.1 Å². The predicted octanol–water partition coefficient (Wildman–Crippen LogP) is 4.40. The number of hydrogen-bond donors (Lipinski definition) is 1. The molecule has 0 rings (SSSR count). The third-order valence-electron chi connectivity index (χ3n) is 3.34. The monoisotopic (exact) mass is 274 g/mol. The van der Waals surface area contributed by atoms with E-state index in [0.717, 1.165) is 18.6 Å². The normalized spacial score (nSPS) is 14.4. The van der Waals surface area contributed by atoms with E-state index in [1.54, 1.807) is 0 Å². The molecule has 0 saturated carbocycles. The van der Waals surface area contributed by atoms with Crippen molar-refractivity contribution in [1.82, 2.24) is 0 Å². The molecule has 0 aromatic rings. The van der Waals surface area contributed by atoms with E-state index >= 15 is 0 Å². The molecular weight excluding hydrogens is 244 g/mol. The second kappa shape index (κ2) is 12.0. The van der Waals surface area contributed by atoms with Gasteiger partial charge in [0.05, 0.1) is 12.0 Å². The first-order chi connectivity index (χ1) is 8.63. The number of carbonyl (C=O) groups is 1. The van der Waals surface area contributed by atoms with Crippen molar-refractivity contribution in [3.05, 3.63) is 0 Å². The smallest absolute Gasteiger partial charge is 0.194 e. The topological polar surface area (TPSA) is 37.3 Å². The lowest BCUT2D eigenvalue weighted by molar-refractivity contribution is -0.117. The molecule has 0 aromatic heterocycles. The average Bonchev–Trinajstić information content (AvgIpc) is 2.36. The summed E-state index contributed by atoms with van der Waals surface area (Å²) >= 11 is 1.32. The van der Waals surface area contributed by atoms with Gasteiger partial charge in [0, 0.05) is 0 Å². The Balaban J connectivity index is 3.51. The summed E-state index contributed by atoms with van der Waals surface area (Å²) in [6.45, 7) is 6.04. The zero-order valence-electron chi connectivity index (χ0n) is 12.3. The van der Waals surface area contributed by atoms with Crippen molar-refractivity contribution in [2.24, 2.45) is 5.92 Å². The maximum Gasteiger partial charge on any atom is 0.194 e. The number of rotatable bonds is 11. The van der Waals surface area contributed by atoms with Gasteiger partial charge in [-0.25, -0.2) is 0 Å². The van der Waals surface area contributed by atoms with Crippen LogP contribution >= 0.6 is 11.8 Å². The van der Waals surface area contributed by atoms with Crippen LogP contribution in [0.5, 0.6) is 0 Å². The highest BCUT2D eigenvalue weighted by molar-refractivity contribution is 8.13. The first-order valence-corrected chi connectivity index (χ1v) is 8.46. The van der Waals surface area contributed by atoms with Crippen molar-refractivity contribution >= 4 is 16.9 Å². The third kappa shape index (κ3) is 8.98. The lowest BCUT2D eigenvalue weighted by atomic mass is 9.99. The molecule has 0 fully saturated rings. The molecular formula is C15H30O2S. The zero-order chi connectivity index (χ0) is 13.8. The summed E-state index contributed by atoms with van der Waals surface area (Å²) < 4.78 is 0. The second-order valence-corrected chi connectivity index (χ2v) is 6.29. The molecule has 0 amide bonds. The van der Waals surface area contributed by atoms with Crippen molar-refractivity contribution < 1.29 is 9.90 Å². The molecule has 1 N–H and O–H groups in total. The zero-order valence-corrected chi connectivity index (χ0v) is 13.1. The molecule has 0 aliphatic heterocycles. The number of unbranched alkanes of at least 4 members (excludes halogenated alkanes) is 6. The Morgan fingerprint density at radius 2 is 1.61 bits per heavy atom. The van der Waals surface area contributed by atoms with Crippen LogP contribution in [0.25, 0.3) is 0 Å². The summed E-state index contributed by atoms with van der Waals surface area (Å²) in [7, 11) is 0. The second-order valence-electron chi connectivity index (χ2n) is 5.02. The maximum absolute atomic E-state index is 11.6. The predicted molar refractivity (Wildman–Crippen MR) is 80.9 cm³/mol. The van der Waals surface area contributed by atoms with Gasteiger partial charge < -0.3 is 5.11 Å². The molecule has 0 aliphatic rings. The van der Waals surface area contributed by atoms with E-state index in [1.807, 2.05) is 13.8 Å². The largest absolute Gasteiger partial charge is 0.392 e. The fraction of sp³-hybridized carbons (Fsp3) is 0.933. The van der Waals surface area contributed by atoms with Crippen LogP contribution in [0, 0.1) is 5.92 Å². The number of hydrogen-bond acceptors (Lipinski definition) is 3. The Morgan fingerprint density at radius 3 is 2.17 bits per heavy atom. The van der Waals surface area contributed by atoms with Gasteiger partial charge in [-0.3, -0.25) is 4.79 Å². The Morgan fingerprint density at radius 1 is 1.06 bits per heavy atom. The van der Waals surface area contributed by atoms with Crippen LogP contribution in [0.2, 0.25) is 0 Å². The number of aliphatic hydroxyl groups is 1. The van der Waals surface area contributed by atoms with Gasteiger partial charge in [-0.15, -0.1) is 0 Å². The van der Waals surface area contributed by atoms with Gasteiger partial charge in [0.25, 0.3) is 0 Å². The van der Waals surface area contributed by atoms with Gasteiger partial charge in [-0.2, -0.15) is 0 Å². The van der Waals surface area contributed by atoms with Gasteiger partial charge >= 0.3 is 0 Å². The van der Waals surface area contributed by atoms with Crippen molar-refractivity contribution in [3.63, 3.8) is 0 Å². The van der Waals surface area contributed by atoms with Crippen LogP contribution in [0.3, 0.4) is 0 Å². The molecule has 18 heavy (non-hydrogen) atoms. The fourth-order valence-electron chi connectivity index (χ4n) is 1.99. The summed E-state index contributed by atoms with van der Waals surface area (Å²) in [6, 6.07) is 0. The minimum absolute atomic E-state index is 0.132. The van der Waals surface area contributed by atoms with E-state index in [2.05, 4.69) is 6.92 Å². The van der Waals surface area contributed by atoms with Crippen LogP contribution in [-0.2, 0) is 4.79 Å². The van der Waals surface area contributed by atoms with Crippen LogP contribution in [0.4, 0.5) is 0 Å². The molecule has 0 bridgehead atoms. The minimum atomic E-state index is -0.452. The Kier molecular flexibility index (Phi) is 12.0. The number of carbonyl (C=O) groups excluding carboxylic acids is 1. The molecule has 2 atom stereocenters. The van der Waals surface area contributed by atoms with E-state index < -0.39 is 6.10 Å². The standard InChI is InChI=1S/C15H30O2S/c1-4-6-7-8-9-10-11-12-14(16)13(3)15(17)18-5-2/h13-14,16H,4-12H2,1-3H3/t13-,14+/m0/s1. The van der Waals surface area contributed by atoms with Crippen molar-refractivity contribution in [3.8, 4) is 0 Å². The summed E-state index contributed by atoms with van der Waals surface area (Å²) in [6.07, 6.45) is 9.07. The molecule has 0 unspecified atom stereocenters. The third-order valence-corrected chi connectivity index (χ3v) is 4.28. The fourth-order valence-corrected chi connectivity index (χ4v) is 2.70. The summed E-state index contributed by atoms with van der Waals surface area (Å²) in [4.78, 5) is 11.6.